The molecular weight excluding hydrogens is 519 g/mol. The van der Waals surface area contributed by atoms with Crippen LogP contribution >= 0.6 is 35.0 Å². The Labute approximate surface area is 221 Å². The van der Waals surface area contributed by atoms with E-state index < -0.39 is 5.56 Å². The lowest BCUT2D eigenvalue weighted by molar-refractivity contribution is 0.415. The summed E-state index contributed by atoms with van der Waals surface area (Å²) in [6, 6.07) is 17.7. The van der Waals surface area contributed by atoms with Gasteiger partial charge in [-0.2, -0.15) is 0 Å². The lowest BCUT2D eigenvalue weighted by atomic mass is 10.1. The summed E-state index contributed by atoms with van der Waals surface area (Å²) in [5.41, 5.74) is 2.67. The summed E-state index contributed by atoms with van der Waals surface area (Å²) >= 11 is 13.3. The summed E-state index contributed by atoms with van der Waals surface area (Å²) in [5.74, 6) is 1.05. The predicted molar refractivity (Wildman–Crippen MR) is 145 cm³/mol. The fourth-order valence-corrected chi connectivity index (χ4v) is 4.57. The fourth-order valence-electron chi connectivity index (χ4n) is 3.40. The number of phenols is 1. The average Bonchev–Trinajstić information content (AvgIpc) is 2.89. The van der Waals surface area contributed by atoms with Crippen molar-refractivity contribution in [2.75, 3.05) is 12.4 Å². The molecule has 3 N–H and O–H groups in total. The number of hydrogen-bond donors (Lipinski definition) is 3. The number of nitrogens with zero attached hydrogens (tertiary/aromatic N) is 2. The van der Waals surface area contributed by atoms with Crippen molar-refractivity contribution in [1.82, 2.24) is 9.97 Å². The molecule has 0 unspecified atom stereocenters. The van der Waals surface area contributed by atoms with Gasteiger partial charge >= 0.3 is 0 Å². The molecule has 0 atom stereocenters. The van der Waals surface area contributed by atoms with Gasteiger partial charge in [0.2, 0.25) is 0 Å². The third-order valence-corrected chi connectivity index (χ3v) is 6.91. The maximum Gasteiger partial charge on any atom is 0.276 e. The molecule has 0 aliphatic rings. The molecule has 182 valence electrons. The van der Waals surface area contributed by atoms with Gasteiger partial charge in [-0.15, -0.1) is 0 Å². The van der Waals surface area contributed by atoms with E-state index in [-0.39, 0.29) is 17.1 Å². The number of thioether (sulfide) groups is 1. The number of aromatic amines is 1. The second-order valence-corrected chi connectivity index (χ2v) is 9.42. The van der Waals surface area contributed by atoms with Crippen LogP contribution in [0.1, 0.15) is 11.1 Å². The molecule has 0 amide bonds. The zero-order valence-corrected chi connectivity index (χ0v) is 21.3. The molecule has 0 bridgehead atoms. The van der Waals surface area contributed by atoms with Gasteiger partial charge < -0.3 is 20.1 Å². The van der Waals surface area contributed by atoms with Crippen LogP contribution < -0.4 is 15.6 Å². The molecule has 0 aliphatic heterocycles. The molecule has 36 heavy (non-hydrogen) atoms. The number of halogens is 2. The Morgan fingerprint density at radius 1 is 1.14 bits per heavy atom. The highest BCUT2D eigenvalue weighted by Crippen LogP contribution is 2.32. The second-order valence-electron chi connectivity index (χ2n) is 7.65. The van der Waals surface area contributed by atoms with E-state index in [2.05, 4.69) is 20.1 Å². The molecule has 4 rings (SSSR count). The van der Waals surface area contributed by atoms with Crippen molar-refractivity contribution in [1.29, 1.82) is 0 Å². The highest BCUT2D eigenvalue weighted by Gasteiger charge is 2.15. The number of aromatic hydroxyl groups is 1. The Bertz CT molecular complexity index is 1520. The largest absolute Gasteiger partial charge is 0.508 e. The molecule has 0 fully saturated rings. The molecule has 0 aliphatic carbocycles. The van der Waals surface area contributed by atoms with E-state index in [1.54, 1.807) is 55.6 Å². The molecule has 0 saturated heterocycles. The Hall–Kier alpha value is -3.64. The minimum Gasteiger partial charge on any atom is -0.508 e. The van der Waals surface area contributed by atoms with Gasteiger partial charge in [-0.1, -0.05) is 53.2 Å². The number of methoxy groups -OCH3 is 1. The lowest BCUT2D eigenvalue weighted by Crippen LogP contribution is -2.09. The van der Waals surface area contributed by atoms with E-state index in [0.29, 0.717) is 44.4 Å². The Morgan fingerprint density at radius 3 is 2.72 bits per heavy atom. The van der Waals surface area contributed by atoms with Crippen molar-refractivity contribution in [3.05, 3.63) is 104 Å². The first-order chi connectivity index (χ1) is 17.4. The van der Waals surface area contributed by atoms with Crippen LogP contribution in [0.5, 0.6) is 11.5 Å². The van der Waals surface area contributed by atoms with Crippen molar-refractivity contribution in [2.45, 2.75) is 17.5 Å². The SMILES string of the molecule is [C-]#[N+]c1c(-c2cccc(OC)c2)nc(SCc2cc(NCc3ccc(Cl)c(Cl)c3)ccc2O)[nH]c1=O. The van der Waals surface area contributed by atoms with Crippen LogP contribution in [0.2, 0.25) is 10.0 Å². The first kappa shape index (κ1) is 25.5. The standard InChI is InChI=1S/C26H20Cl2N4O3S/c1-29-24-23(16-4-3-5-19(12-16)35-2)31-26(32-25(24)34)36-14-17-11-18(7-9-22(17)33)30-13-15-6-8-20(27)21(28)10-15/h3-12,30,33H,13-14H2,2H3,(H,31,32,34). The predicted octanol–water partition coefficient (Wildman–Crippen LogP) is 6.91. The van der Waals surface area contributed by atoms with Gasteiger partial charge in [0.05, 0.1) is 29.4 Å². The quantitative estimate of drug-likeness (QED) is 0.0976. The normalized spacial score (nSPS) is 10.6. The molecule has 4 aromatic rings. The maximum absolute atomic E-state index is 12.6. The minimum absolute atomic E-state index is 0.0936. The van der Waals surface area contributed by atoms with Gasteiger partial charge in [-0.3, -0.25) is 4.79 Å². The van der Waals surface area contributed by atoms with E-state index in [0.717, 1.165) is 11.3 Å². The van der Waals surface area contributed by atoms with Gasteiger partial charge in [-0.25, -0.2) is 9.83 Å². The molecule has 0 saturated carbocycles. The van der Waals surface area contributed by atoms with Crippen molar-refractivity contribution >= 4 is 46.3 Å². The zero-order valence-electron chi connectivity index (χ0n) is 19.0. The zero-order chi connectivity index (χ0) is 25.7. The molecule has 0 spiro atoms. The van der Waals surface area contributed by atoms with Crippen molar-refractivity contribution in [3.63, 3.8) is 0 Å². The Morgan fingerprint density at radius 2 is 1.97 bits per heavy atom. The number of anilines is 1. The third kappa shape index (κ3) is 5.94. The van der Waals surface area contributed by atoms with Crippen molar-refractivity contribution in [2.24, 2.45) is 0 Å². The summed E-state index contributed by atoms with van der Waals surface area (Å²) in [4.78, 5) is 23.1. The number of H-pyrrole nitrogens is 1. The van der Waals surface area contributed by atoms with Gasteiger partial charge in [0.25, 0.3) is 11.2 Å². The van der Waals surface area contributed by atoms with Gasteiger partial charge in [0.1, 0.15) is 11.5 Å². The molecule has 3 aromatic carbocycles. The van der Waals surface area contributed by atoms with Crippen molar-refractivity contribution < 1.29 is 9.84 Å². The molecule has 10 heteroatoms. The van der Waals surface area contributed by atoms with Crippen LogP contribution in [0.3, 0.4) is 0 Å². The van der Waals surface area contributed by atoms with E-state index in [4.69, 9.17) is 34.5 Å². The van der Waals surface area contributed by atoms with Crippen molar-refractivity contribution in [3.8, 4) is 22.8 Å². The van der Waals surface area contributed by atoms with E-state index in [9.17, 15) is 9.90 Å². The lowest BCUT2D eigenvalue weighted by Gasteiger charge is -2.11. The second kappa shape index (κ2) is 11.4. The Kier molecular flexibility index (Phi) is 8.06. The summed E-state index contributed by atoms with van der Waals surface area (Å²) in [5, 5.41) is 15.0. The molecule has 7 nitrogen and oxygen atoms in total. The first-order valence-electron chi connectivity index (χ1n) is 10.7. The van der Waals surface area contributed by atoms with E-state index in [1.165, 1.54) is 11.8 Å². The average molecular weight is 539 g/mol. The molecule has 0 radical (unpaired) electrons. The van der Waals surface area contributed by atoms with E-state index >= 15 is 0 Å². The number of phenolic OH excluding ortho intramolecular Hbond substituents is 1. The highest BCUT2D eigenvalue weighted by molar-refractivity contribution is 7.98. The fraction of sp³-hybridized carbons (Fsp3) is 0.115. The highest BCUT2D eigenvalue weighted by atomic mass is 35.5. The van der Waals surface area contributed by atoms with Gasteiger partial charge in [0.15, 0.2) is 5.16 Å². The number of benzene rings is 3. The summed E-state index contributed by atoms with van der Waals surface area (Å²) in [7, 11) is 1.54. The molecule has 1 aromatic heterocycles. The number of aromatic nitrogens is 2. The number of hydrogen-bond acceptors (Lipinski definition) is 6. The monoisotopic (exact) mass is 538 g/mol. The first-order valence-corrected chi connectivity index (χ1v) is 12.4. The van der Waals surface area contributed by atoms with Crippen LogP contribution in [-0.2, 0) is 12.3 Å². The van der Waals surface area contributed by atoms with Gasteiger partial charge in [-0.05, 0) is 53.6 Å². The molecule has 1 heterocycles. The number of nitrogens with one attached hydrogen (secondary N) is 2. The van der Waals surface area contributed by atoms with Crippen LogP contribution in [0.15, 0.2) is 70.6 Å². The van der Waals surface area contributed by atoms with Crippen LogP contribution in [0.4, 0.5) is 11.4 Å². The smallest absolute Gasteiger partial charge is 0.276 e. The van der Waals surface area contributed by atoms with Crippen LogP contribution in [0, 0.1) is 6.57 Å². The number of rotatable bonds is 8. The van der Waals surface area contributed by atoms with Crippen LogP contribution in [0.25, 0.3) is 16.1 Å². The third-order valence-electron chi connectivity index (χ3n) is 5.25. The summed E-state index contributed by atoms with van der Waals surface area (Å²) in [6.45, 7) is 7.95. The van der Waals surface area contributed by atoms with Gasteiger partial charge in [0, 0.05) is 23.5 Å². The van der Waals surface area contributed by atoms with Crippen LogP contribution in [-0.4, -0.2) is 22.2 Å². The minimum atomic E-state index is -0.526. The number of ether oxygens (including phenoxy) is 1. The molecular formula is C26H20Cl2N4O3S. The maximum atomic E-state index is 12.6. The topological polar surface area (TPSA) is 91.6 Å². The summed E-state index contributed by atoms with van der Waals surface area (Å²) < 4.78 is 5.26. The van der Waals surface area contributed by atoms with E-state index in [1.807, 2.05) is 12.1 Å². The Balaban J connectivity index is 1.53. The summed E-state index contributed by atoms with van der Waals surface area (Å²) in [6.07, 6.45) is 0.